The highest BCUT2D eigenvalue weighted by atomic mass is 35.5. The number of hydrogen-bond acceptors (Lipinski definition) is 4. The zero-order valence-electron chi connectivity index (χ0n) is 14.6. The van der Waals surface area contributed by atoms with Gasteiger partial charge < -0.3 is 4.74 Å². The van der Waals surface area contributed by atoms with Crippen LogP contribution in [0.25, 0.3) is 0 Å². The number of hydrogen-bond donors (Lipinski definition) is 0. The molecule has 27 heavy (non-hydrogen) atoms. The largest absolute Gasteiger partial charge is 0.457 e. The van der Waals surface area contributed by atoms with E-state index in [4.69, 9.17) is 16.3 Å². The average Bonchev–Trinajstić information content (AvgIpc) is 2.89. The molecule has 2 amide bonds. The molecule has 0 radical (unpaired) electrons. The van der Waals surface area contributed by atoms with Crippen LogP contribution in [0.1, 0.15) is 56.4 Å². The zero-order valence-corrected chi connectivity index (χ0v) is 15.4. The Balaban J connectivity index is 1.74. The molecule has 1 aliphatic heterocycles. The Labute approximate surface area is 160 Å². The van der Waals surface area contributed by atoms with Gasteiger partial charge in [-0.3, -0.25) is 14.5 Å². The molecule has 0 saturated carbocycles. The highest BCUT2D eigenvalue weighted by Gasteiger charge is 2.35. The average molecular weight is 390 g/mol. The molecule has 3 rings (SSSR count). The first-order valence-corrected chi connectivity index (χ1v) is 8.91. The topological polar surface area (TPSA) is 63.7 Å². The maximum atomic E-state index is 13.1. The van der Waals surface area contributed by atoms with Crippen LogP contribution < -0.4 is 0 Å². The van der Waals surface area contributed by atoms with Crippen molar-refractivity contribution in [1.82, 2.24) is 4.90 Å². The third kappa shape index (κ3) is 3.85. The molecule has 0 fully saturated rings. The highest BCUT2D eigenvalue weighted by Crippen LogP contribution is 2.25. The molecule has 0 aliphatic carbocycles. The summed E-state index contributed by atoms with van der Waals surface area (Å²) in [6.07, 6.45) is 1.58. The Bertz CT molecular complexity index is 928. The van der Waals surface area contributed by atoms with Gasteiger partial charge in [-0.05, 0) is 36.8 Å². The van der Waals surface area contributed by atoms with Crippen molar-refractivity contribution in [3.63, 3.8) is 0 Å². The first-order chi connectivity index (χ1) is 12.9. The van der Waals surface area contributed by atoms with Crippen molar-refractivity contribution in [2.24, 2.45) is 0 Å². The van der Waals surface area contributed by atoms with E-state index in [1.165, 1.54) is 35.2 Å². The van der Waals surface area contributed by atoms with Crippen molar-refractivity contribution < 1.29 is 23.5 Å². The van der Waals surface area contributed by atoms with Crippen LogP contribution in [0.4, 0.5) is 4.39 Å². The number of carbonyl (C=O) groups excluding carboxylic acids is 3. The maximum Gasteiger partial charge on any atom is 0.338 e. The van der Waals surface area contributed by atoms with E-state index >= 15 is 0 Å². The Morgan fingerprint density at radius 3 is 2.56 bits per heavy atom. The van der Waals surface area contributed by atoms with Gasteiger partial charge in [-0.1, -0.05) is 31.0 Å². The van der Waals surface area contributed by atoms with Crippen LogP contribution in [-0.2, 0) is 11.3 Å². The Hall–Kier alpha value is -2.73. The van der Waals surface area contributed by atoms with Gasteiger partial charge in [0.1, 0.15) is 12.4 Å². The van der Waals surface area contributed by atoms with Gasteiger partial charge in [0.2, 0.25) is 0 Å². The van der Waals surface area contributed by atoms with Crippen molar-refractivity contribution in [2.75, 3.05) is 6.54 Å². The second-order valence-electron chi connectivity index (χ2n) is 6.19. The van der Waals surface area contributed by atoms with Crippen molar-refractivity contribution in [2.45, 2.75) is 26.4 Å². The maximum absolute atomic E-state index is 13.1. The first kappa shape index (κ1) is 19.0. The molecule has 2 aromatic carbocycles. The second kappa shape index (κ2) is 7.88. The number of carbonyl (C=O) groups is 3. The van der Waals surface area contributed by atoms with Gasteiger partial charge >= 0.3 is 5.97 Å². The zero-order chi connectivity index (χ0) is 19.6. The molecule has 0 N–H and O–H groups in total. The molecule has 140 valence electrons. The van der Waals surface area contributed by atoms with Crippen molar-refractivity contribution in [3.05, 3.63) is 69.5 Å². The molecular formula is C20H17ClFNO4. The first-order valence-electron chi connectivity index (χ1n) is 8.53. The summed E-state index contributed by atoms with van der Waals surface area (Å²) in [6.45, 7) is 2.19. The summed E-state index contributed by atoms with van der Waals surface area (Å²) in [6, 6.07) is 8.07. The number of fused-ring (bicyclic) bond motifs is 1. The number of esters is 1. The quantitative estimate of drug-likeness (QED) is 0.547. The van der Waals surface area contributed by atoms with Crippen molar-refractivity contribution >= 4 is 29.4 Å². The van der Waals surface area contributed by atoms with E-state index in [-0.39, 0.29) is 34.2 Å². The van der Waals surface area contributed by atoms with Gasteiger partial charge in [-0.2, -0.15) is 0 Å². The third-order valence-electron chi connectivity index (χ3n) is 4.32. The van der Waals surface area contributed by atoms with E-state index in [1.54, 1.807) is 0 Å². The van der Waals surface area contributed by atoms with Crippen LogP contribution in [0.2, 0.25) is 5.02 Å². The summed E-state index contributed by atoms with van der Waals surface area (Å²) in [5.41, 5.74) is 1.11. The summed E-state index contributed by atoms with van der Waals surface area (Å²) >= 11 is 5.91. The van der Waals surface area contributed by atoms with Gasteiger partial charge in [0.05, 0.1) is 21.7 Å². The van der Waals surface area contributed by atoms with Gasteiger partial charge in [0.15, 0.2) is 0 Å². The van der Waals surface area contributed by atoms with E-state index in [2.05, 4.69) is 0 Å². The Morgan fingerprint density at radius 1 is 1.11 bits per heavy atom. The summed E-state index contributed by atoms with van der Waals surface area (Å²) in [5.74, 6) is -1.89. The smallest absolute Gasteiger partial charge is 0.338 e. The minimum absolute atomic E-state index is 0.134. The Morgan fingerprint density at radius 2 is 1.85 bits per heavy atom. The molecule has 0 bridgehead atoms. The summed E-state index contributed by atoms with van der Waals surface area (Å²) in [7, 11) is 0. The summed E-state index contributed by atoms with van der Waals surface area (Å²) < 4.78 is 18.3. The molecule has 5 nitrogen and oxygen atoms in total. The lowest BCUT2D eigenvalue weighted by Crippen LogP contribution is -2.30. The highest BCUT2D eigenvalue weighted by molar-refractivity contribution is 6.31. The SMILES string of the molecule is CCCCN1C(=O)c2ccc(C(=O)OCc3ccc(F)cc3Cl)cc2C1=O. The number of amides is 2. The lowest BCUT2D eigenvalue weighted by molar-refractivity contribution is 0.0472. The molecule has 7 heteroatoms. The fourth-order valence-electron chi connectivity index (χ4n) is 2.80. The fourth-order valence-corrected chi connectivity index (χ4v) is 3.02. The van der Waals surface area contributed by atoms with E-state index in [0.29, 0.717) is 12.1 Å². The van der Waals surface area contributed by atoms with E-state index in [0.717, 1.165) is 18.9 Å². The number of benzene rings is 2. The summed E-state index contributed by atoms with van der Waals surface area (Å²) in [5, 5.41) is 0.157. The third-order valence-corrected chi connectivity index (χ3v) is 4.67. The second-order valence-corrected chi connectivity index (χ2v) is 6.59. The fraction of sp³-hybridized carbons (Fsp3) is 0.250. The molecule has 0 spiro atoms. The minimum Gasteiger partial charge on any atom is -0.457 e. The molecule has 0 unspecified atom stereocenters. The van der Waals surface area contributed by atoms with Crippen LogP contribution in [0.3, 0.4) is 0 Å². The predicted octanol–water partition coefficient (Wildman–Crippen LogP) is 4.23. The van der Waals surface area contributed by atoms with E-state index < -0.39 is 17.7 Å². The Kier molecular flexibility index (Phi) is 5.56. The van der Waals surface area contributed by atoms with Crippen molar-refractivity contribution in [3.8, 4) is 0 Å². The van der Waals surface area contributed by atoms with Crippen LogP contribution in [0.5, 0.6) is 0 Å². The number of halogens is 2. The molecule has 0 aromatic heterocycles. The number of unbranched alkanes of at least 4 members (excludes halogenated alkanes) is 1. The molecular weight excluding hydrogens is 373 g/mol. The predicted molar refractivity (Wildman–Crippen MR) is 97.2 cm³/mol. The van der Waals surface area contributed by atoms with E-state index in [9.17, 15) is 18.8 Å². The monoisotopic (exact) mass is 389 g/mol. The molecule has 1 aliphatic rings. The molecule has 1 heterocycles. The number of nitrogens with zero attached hydrogens (tertiary/aromatic N) is 1. The van der Waals surface area contributed by atoms with Crippen LogP contribution >= 0.6 is 11.6 Å². The van der Waals surface area contributed by atoms with Gasteiger partial charge in [0, 0.05) is 12.1 Å². The standard InChI is InChI=1S/C20H17ClFNO4/c1-2-3-8-23-18(24)15-7-5-12(9-16(15)19(23)25)20(26)27-11-13-4-6-14(22)10-17(13)21/h4-7,9-10H,2-3,8,11H2,1H3. The summed E-state index contributed by atoms with van der Waals surface area (Å²) in [4.78, 5) is 38.2. The van der Waals surface area contributed by atoms with Gasteiger partial charge in [0.25, 0.3) is 11.8 Å². The van der Waals surface area contributed by atoms with Crippen LogP contribution in [-0.4, -0.2) is 29.2 Å². The van der Waals surface area contributed by atoms with Gasteiger partial charge in [-0.25, -0.2) is 9.18 Å². The number of imide groups is 1. The van der Waals surface area contributed by atoms with Gasteiger partial charge in [-0.15, -0.1) is 0 Å². The van der Waals surface area contributed by atoms with Crippen molar-refractivity contribution in [1.29, 1.82) is 0 Å². The molecule has 0 saturated heterocycles. The van der Waals surface area contributed by atoms with Crippen LogP contribution in [0, 0.1) is 5.82 Å². The number of rotatable bonds is 6. The normalized spacial score (nSPS) is 13.1. The van der Waals surface area contributed by atoms with Crippen LogP contribution in [0.15, 0.2) is 36.4 Å². The molecule has 2 aromatic rings. The lowest BCUT2D eigenvalue weighted by atomic mass is 10.1. The number of ether oxygens (including phenoxy) is 1. The van der Waals surface area contributed by atoms with E-state index in [1.807, 2.05) is 6.92 Å². The molecule has 0 atom stereocenters. The minimum atomic E-state index is -0.662. The lowest BCUT2D eigenvalue weighted by Gasteiger charge is -2.12.